The van der Waals surface area contributed by atoms with Crippen LogP contribution in [0.15, 0.2) is 34.2 Å². The fourth-order valence-corrected chi connectivity index (χ4v) is 4.72. The van der Waals surface area contributed by atoms with Crippen molar-refractivity contribution in [1.82, 2.24) is 9.62 Å². The smallest absolute Gasteiger partial charge is 0.326 e. The summed E-state index contributed by atoms with van der Waals surface area (Å²) in [6, 6.07) is 6.03. The van der Waals surface area contributed by atoms with Crippen molar-refractivity contribution >= 4 is 27.7 Å². The number of aliphatic carboxylic acids is 1. The van der Waals surface area contributed by atoms with E-state index in [2.05, 4.69) is 9.71 Å². The van der Waals surface area contributed by atoms with Gasteiger partial charge in [-0.25, -0.2) is 13.2 Å². The van der Waals surface area contributed by atoms with Crippen LogP contribution in [0.2, 0.25) is 0 Å². The van der Waals surface area contributed by atoms with Crippen LogP contribution in [0.4, 0.5) is 0 Å². The molecule has 1 amide bonds. The minimum Gasteiger partial charge on any atom is -0.480 e. The minimum atomic E-state index is -3.51. The van der Waals surface area contributed by atoms with Crippen LogP contribution in [0, 0.1) is 0 Å². The van der Waals surface area contributed by atoms with Crippen molar-refractivity contribution < 1.29 is 23.1 Å². The molecule has 0 saturated carbocycles. The highest BCUT2D eigenvalue weighted by atomic mass is 32.2. The highest BCUT2D eigenvalue weighted by Crippen LogP contribution is 2.22. The SMILES string of the molecule is O=C(O)[C@@H]1CCCN1C(=O)CCCCCN=C1NS(=O)(=O)c2ccccc21. The first-order valence-corrected chi connectivity index (χ1v) is 10.6. The van der Waals surface area contributed by atoms with E-state index in [0.29, 0.717) is 43.8 Å². The van der Waals surface area contributed by atoms with Crippen LogP contribution < -0.4 is 4.72 Å². The first-order chi connectivity index (χ1) is 12.9. The number of hydrogen-bond acceptors (Lipinski definition) is 5. The molecule has 2 heterocycles. The molecule has 9 heteroatoms. The maximum atomic E-state index is 12.2. The van der Waals surface area contributed by atoms with Crippen LogP contribution in [0.5, 0.6) is 0 Å². The van der Waals surface area contributed by atoms with Gasteiger partial charge in [-0.1, -0.05) is 18.6 Å². The highest BCUT2D eigenvalue weighted by Gasteiger charge is 2.33. The van der Waals surface area contributed by atoms with Gasteiger partial charge in [-0.05, 0) is 37.8 Å². The molecule has 8 nitrogen and oxygen atoms in total. The second kappa shape index (κ2) is 8.08. The molecule has 0 radical (unpaired) electrons. The maximum absolute atomic E-state index is 12.2. The van der Waals surface area contributed by atoms with Crippen molar-refractivity contribution in [2.24, 2.45) is 4.99 Å². The van der Waals surface area contributed by atoms with E-state index in [1.807, 2.05) is 0 Å². The minimum absolute atomic E-state index is 0.108. The summed E-state index contributed by atoms with van der Waals surface area (Å²) in [5.41, 5.74) is 0.585. The lowest BCUT2D eigenvalue weighted by Gasteiger charge is -2.21. The van der Waals surface area contributed by atoms with Crippen LogP contribution >= 0.6 is 0 Å². The molecule has 3 rings (SSSR count). The van der Waals surface area contributed by atoms with Crippen molar-refractivity contribution in [1.29, 1.82) is 0 Å². The first kappa shape index (κ1) is 19.3. The number of carbonyl (C=O) groups excluding carboxylic acids is 1. The maximum Gasteiger partial charge on any atom is 0.326 e. The van der Waals surface area contributed by atoms with Gasteiger partial charge in [-0.3, -0.25) is 14.5 Å². The predicted molar refractivity (Wildman–Crippen MR) is 99.0 cm³/mol. The summed E-state index contributed by atoms with van der Waals surface area (Å²) in [6.07, 6.45) is 3.74. The molecule has 0 aliphatic carbocycles. The van der Waals surface area contributed by atoms with Gasteiger partial charge >= 0.3 is 5.97 Å². The van der Waals surface area contributed by atoms with Crippen molar-refractivity contribution in [3.63, 3.8) is 0 Å². The number of carboxylic acid groups (broad SMARTS) is 1. The molecular weight excluding hydrogens is 370 g/mol. The van der Waals surface area contributed by atoms with Crippen LogP contribution in [-0.4, -0.2) is 55.3 Å². The third kappa shape index (κ3) is 4.29. The molecule has 1 atom stereocenters. The molecule has 2 aliphatic heterocycles. The number of benzene rings is 1. The zero-order valence-electron chi connectivity index (χ0n) is 14.9. The van der Waals surface area contributed by atoms with E-state index in [1.54, 1.807) is 24.3 Å². The summed E-state index contributed by atoms with van der Waals surface area (Å²) in [5, 5.41) is 9.13. The molecule has 1 fully saturated rings. The Morgan fingerprint density at radius 1 is 1.22 bits per heavy atom. The molecule has 0 unspecified atom stereocenters. The van der Waals surface area contributed by atoms with E-state index in [4.69, 9.17) is 5.11 Å². The van der Waals surface area contributed by atoms with Gasteiger partial charge in [-0.2, -0.15) is 0 Å². The number of likely N-dealkylation sites (tertiary alicyclic amines) is 1. The first-order valence-electron chi connectivity index (χ1n) is 9.09. The fourth-order valence-electron chi connectivity index (χ4n) is 3.47. The summed E-state index contributed by atoms with van der Waals surface area (Å²) in [4.78, 5) is 29.4. The van der Waals surface area contributed by atoms with Gasteiger partial charge in [0, 0.05) is 25.1 Å². The molecule has 0 bridgehead atoms. The van der Waals surface area contributed by atoms with E-state index < -0.39 is 22.0 Å². The quantitative estimate of drug-likeness (QED) is 0.679. The van der Waals surface area contributed by atoms with Crippen LogP contribution in [0.1, 0.15) is 44.1 Å². The van der Waals surface area contributed by atoms with Crippen LogP contribution in [0.25, 0.3) is 0 Å². The Balaban J connectivity index is 1.43. The van der Waals surface area contributed by atoms with Gasteiger partial charge in [0.05, 0.1) is 4.90 Å². The lowest BCUT2D eigenvalue weighted by molar-refractivity contribution is -0.148. The van der Waals surface area contributed by atoms with E-state index in [-0.39, 0.29) is 10.8 Å². The summed E-state index contributed by atoms with van der Waals surface area (Å²) < 4.78 is 26.5. The van der Waals surface area contributed by atoms with Crippen molar-refractivity contribution in [3.8, 4) is 0 Å². The molecule has 1 aromatic rings. The zero-order chi connectivity index (χ0) is 19.4. The van der Waals surface area contributed by atoms with Gasteiger partial charge in [0.25, 0.3) is 10.0 Å². The van der Waals surface area contributed by atoms with E-state index in [0.717, 1.165) is 19.3 Å². The Bertz CT molecular complexity index is 866. The highest BCUT2D eigenvalue weighted by molar-refractivity contribution is 7.90. The molecule has 1 saturated heterocycles. The number of nitrogens with zero attached hydrogens (tertiary/aromatic N) is 2. The molecule has 0 aromatic heterocycles. The lowest BCUT2D eigenvalue weighted by atomic mass is 10.1. The number of hydrogen-bond donors (Lipinski definition) is 2. The standard InChI is InChI=1S/C18H23N3O5S/c22-16(21-12-6-8-14(21)18(23)24)10-2-1-5-11-19-17-13-7-3-4-9-15(13)27(25,26)20-17/h3-4,7,9,14H,1-2,5-6,8,10-12H2,(H,19,20)(H,23,24)/t14-/m0/s1. The van der Waals surface area contributed by atoms with Gasteiger partial charge in [-0.15, -0.1) is 0 Å². The molecular formula is C18H23N3O5S. The third-order valence-electron chi connectivity index (χ3n) is 4.84. The number of fused-ring (bicyclic) bond motifs is 1. The molecule has 1 aromatic carbocycles. The second-order valence-corrected chi connectivity index (χ2v) is 8.38. The lowest BCUT2D eigenvalue weighted by Crippen LogP contribution is -2.40. The number of rotatable bonds is 7. The Kier molecular flexibility index (Phi) is 5.79. The fraction of sp³-hybridized carbons (Fsp3) is 0.500. The number of carbonyl (C=O) groups is 2. The summed E-state index contributed by atoms with van der Waals surface area (Å²) in [6.45, 7) is 0.977. The normalized spacial score (nSPS) is 21.9. The van der Waals surface area contributed by atoms with E-state index in [9.17, 15) is 18.0 Å². The number of amidine groups is 1. The molecule has 27 heavy (non-hydrogen) atoms. The third-order valence-corrected chi connectivity index (χ3v) is 6.24. The molecule has 2 N–H and O–H groups in total. The molecule has 2 aliphatic rings. The topological polar surface area (TPSA) is 116 Å². The zero-order valence-corrected chi connectivity index (χ0v) is 15.7. The number of aliphatic imine (C=N–C) groups is 1. The average Bonchev–Trinajstić information content (AvgIpc) is 3.22. The Morgan fingerprint density at radius 3 is 2.78 bits per heavy atom. The van der Waals surface area contributed by atoms with Crippen molar-refractivity contribution in [2.45, 2.75) is 49.5 Å². The number of nitrogens with one attached hydrogen (secondary N) is 1. The number of amides is 1. The van der Waals surface area contributed by atoms with E-state index in [1.165, 1.54) is 4.90 Å². The van der Waals surface area contributed by atoms with Gasteiger partial charge in [0.2, 0.25) is 5.91 Å². The predicted octanol–water partition coefficient (Wildman–Crippen LogP) is 1.36. The second-order valence-electron chi connectivity index (χ2n) is 6.73. The Hall–Kier alpha value is -2.42. The van der Waals surface area contributed by atoms with Crippen molar-refractivity contribution in [3.05, 3.63) is 29.8 Å². The number of sulfonamides is 1. The Labute approximate surface area is 158 Å². The summed E-state index contributed by atoms with van der Waals surface area (Å²) in [7, 11) is -3.51. The van der Waals surface area contributed by atoms with E-state index >= 15 is 0 Å². The average molecular weight is 393 g/mol. The summed E-state index contributed by atoms with van der Waals surface area (Å²) in [5.74, 6) is -0.678. The van der Waals surface area contributed by atoms with Gasteiger partial charge < -0.3 is 10.0 Å². The van der Waals surface area contributed by atoms with Crippen LogP contribution in [0.3, 0.4) is 0 Å². The number of unbranched alkanes of at least 4 members (excludes halogenated alkanes) is 2. The van der Waals surface area contributed by atoms with Gasteiger partial charge in [0.15, 0.2) is 0 Å². The largest absolute Gasteiger partial charge is 0.480 e. The Morgan fingerprint density at radius 2 is 2.00 bits per heavy atom. The van der Waals surface area contributed by atoms with Crippen molar-refractivity contribution in [2.75, 3.05) is 13.1 Å². The number of carboxylic acids is 1. The van der Waals surface area contributed by atoms with Crippen LogP contribution in [-0.2, 0) is 19.6 Å². The molecule has 0 spiro atoms. The monoisotopic (exact) mass is 393 g/mol. The van der Waals surface area contributed by atoms with Gasteiger partial charge in [0.1, 0.15) is 11.9 Å². The molecule has 146 valence electrons. The summed E-state index contributed by atoms with van der Waals surface area (Å²) >= 11 is 0.